The molecule has 12 heteroatoms. The third kappa shape index (κ3) is 5.97. The van der Waals surface area contributed by atoms with Crippen molar-refractivity contribution in [2.75, 3.05) is 41.3 Å². The fourth-order valence-electron chi connectivity index (χ4n) is 5.67. The molecule has 2 aliphatic rings. The number of alkyl halides is 2. The predicted molar refractivity (Wildman–Crippen MR) is 144 cm³/mol. The van der Waals surface area contributed by atoms with Crippen LogP contribution in [0.1, 0.15) is 36.5 Å². The van der Waals surface area contributed by atoms with E-state index in [1.807, 2.05) is 11.8 Å². The second kappa shape index (κ2) is 11.2. The van der Waals surface area contributed by atoms with Gasteiger partial charge in [-0.1, -0.05) is 6.92 Å². The van der Waals surface area contributed by atoms with Gasteiger partial charge < -0.3 is 20.9 Å². The Morgan fingerprint density at radius 3 is 2.44 bits per heavy atom. The number of benzene rings is 2. The van der Waals surface area contributed by atoms with Crippen LogP contribution in [0.15, 0.2) is 42.7 Å². The Morgan fingerprint density at radius 1 is 1.02 bits per heavy atom. The lowest BCUT2D eigenvalue weighted by atomic mass is 9.96. The van der Waals surface area contributed by atoms with Crippen molar-refractivity contribution in [3.63, 3.8) is 0 Å². The maximum Gasteiger partial charge on any atom is 0.265 e. The van der Waals surface area contributed by atoms with Gasteiger partial charge >= 0.3 is 0 Å². The van der Waals surface area contributed by atoms with Gasteiger partial charge in [0.25, 0.3) is 11.8 Å². The highest BCUT2D eigenvalue weighted by Crippen LogP contribution is 2.37. The SMILES string of the molecule is C[C@@H]1C[C@H](N)CN(c2ccncc2NC(=O)c2ccc(F)c(-c3c(F)cc(N4CCCC(F)(F)C4)cc3F)c2F)C1. The number of anilines is 3. The molecule has 2 aromatic carbocycles. The van der Waals surface area contributed by atoms with Gasteiger partial charge in [0.15, 0.2) is 0 Å². The number of nitrogens with zero attached hydrogens (tertiary/aromatic N) is 3. The van der Waals surface area contributed by atoms with E-state index in [0.717, 1.165) is 35.6 Å². The summed E-state index contributed by atoms with van der Waals surface area (Å²) in [5.41, 5.74) is 4.08. The largest absolute Gasteiger partial charge is 0.368 e. The molecule has 5 rings (SSSR count). The highest BCUT2D eigenvalue weighted by Gasteiger charge is 2.36. The number of hydrogen-bond acceptors (Lipinski definition) is 5. The van der Waals surface area contributed by atoms with Gasteiger partial charge in [0.1, 0.15) is 23.3 Å². The molecule has 0 unspecified atom stereocenters. The molecule has 41 heavy (non-hydrogen) atoms. The molecule has 3 heterocycles. The number of halogens is 6. The van der Waals surface area contributed by atoms with Crippen molar-refractivity contribution in [3.8, 4) is 11.1 Å². The number of carbonyl (C=O) groups excluding carboxylic acids is 1. The van der Waals surface area contributed by atoms with Crippen LogP contribution in [-0.4, -0.2) is 49.0 Å². The molecule has 2 saturated heterocycles. The third-order valence-corrected chi connectivity index (χ3v) is 7.45. The Bertz CT molecular complexity index is 1430. The van der Waals surface area contributed by atoms with Crippen molar-refractivity contribution in [1.82, 2.24) is 4.98 Å². The first kappa shape index (κ1) is 28.7. The first-order valence-corrected chi connectivity index (χ1v) is 13.3. The highest BCUT2D eigenvalue weighted by atomic mass is 19.3. The average Bonchev–Trinajstić information content (AvgIpc) is 2.89. The van der Waals surface area contributed by atoms with Crippen LogP contribution in [0.25, 0.3) is 11.1 Å². The Kier molecular flexibility index (Phi) is 7.87. The van der Waals surface area contributed by atoms with E-state index in [4.69, 9.17) is 5.73 Å². The van der Waals surface area contributed by atoms with E-state index in [1.54, 1.807) is 6.07 Å². The van der Waals surface area contributed by atoms with Gasteiger partial charge in [0, 0.05) is 44.0 Å². The van der Waals surface area contributed by atoms with Crippen LogP contribution in [0, 0.1) is 29.2 Å². The molecule has 1 amide bonds. The molecule has 1 aromatic heterocycles. The van der Waals surface area contributed by atoms with Gasteiger partial charge in [-0.15, -0.1) is 0 Å². The van der Waals surface area contributed by atoms with Gasteiger partial charge in [-0.25, -0.2) is 26.3 Å². The molecule has 0 saturated carbocycles. The number of pyridine rings is 1. The minimum absolute atomic E-state index is 0.0878. The van der Waals surface area contributed by atoms with Crippen molar-refractivity contribution in [2.24, 2.45) is 11.7 Å². The maximum absolute atomic E-state index is 15.7. The average molecular weight is 578 g/mol. The normalized spacial score (nSPS) is 20.7. The Hall–Kier alpha value is -3.80. The predicted octanol–water partition coefficient (Wildman–Crippen LogP) is 5.97. The summed E-state index contributed by atoms with van der Waals surface area (Å²) in [7, 11) is 0. The van der Waals surface area contributed by atoms with Crippen LogP contribution in [-0.2, 0) is 0 Å². The highest BCUT2D eigenvalue weighted by molar-refractivity contribution is 6.06. The fourth-order valence-corrected chi connectivity index (χ4v) is 5.67. The number of hydrogen-bond donors (Lipinski definition) is 2. The maximum atomic E-state index is 15.7. The van der Waals surface area contributed by atoms with E-state index in [2.05, 4.69) is 10.3 Å². The lowest BCUT2D eigenvalue weighted by Gasteiger charge is -2.37. The number of rotatable bonds is 5. The zero-order valence-corrected chi connectivity index (χ0v) is 22.2. The van der Waals surface area contributed by atoms with Crippen LogP contribution in [0.4, 0.5) is 43.4 Å². The Balaban J connectivity index is 1.46. The van der Waals surface area contributed by atoms with E-state index >= 15 is 13.2 Å². The minimum Gasteiger partial charge on any atom is -0.368 e. The molecule has 3 aromatic rings. The summed E-state index contributed by atoms with van der Waals surface area (Å²) in [6, 6.07) is 4.72. The van der Waals surface area contributed by atoms with Gasteiger partial charge in [-0.3, -0.25) is 9.78 Å². The van der Waals surface area contributed by atoms with Gasteiger partial charge in [-0.05, 0) is 49.1 Å². The van der Waals surface area contributed by atoms with E-state index in [9.17, 15) is 18.0 Å². The number of carbonyl (C=O) groups is 1. The summed E-state index contributed by atoms with van der Waals surface area (Å²) in [5.74, 6) is -9.21. The van der Waals surface area contributed by atoms with E-state index in [0.29, 0.717) is 18.8 Å². The van der Waals surface area contributed by atoms with Crippen molar-refractivity contribution in [1.29, 1.82) is 0 Å². The second-order valence-electron chi connectivity index (χ2n) is 10.8. The lowest BCUT2D eigenvalue weighted by Crippen LogP contribution is -2.46. The molecule has 2 atom stereocenters. The number of nitrogens with two attached hydrogens (primary N) is 1. The van der Waals surface area contributed by atoms with E-state index in [1.165, 1.54) is 12.4 Å². The molecule has 2 aliphatic heterocycles. The van der Waals surface area contributed by atoms with Crippen molar-refractivity contribution in [3.05, 3.63) is 71.6 Å². The number of amides is 1. The third-order valence-electron chi connectivity index (χ3n) is 7.45. The van der Waals surface area contributed by atoms with Crippen molar-refractivity contribution >= 4 is 23.0 Å². The summed E-state index contributed by atoms with van der Waals surface area (Å²) in [5, 5.41) is 2.57. The second-order valence-corrected chi connectivity index (χ2v) is 10.8. The van der Waals surface area contributed by atoms with Crippen LogP contribution in [0.3, 0.4) is 0 Å². The summed E-state index contributed by atoms with van der Waals surface area (Å²) in [6.45, 7) is 2.65. The number of piperidine rings is 2. The van der Waals surface area contributed by atoms with Crippen LogP contribution in [0.2, 0.25) is 0 Å². The lowest BCUT2D eigenvalue weighted by molar-refractivity contribution is -0.0117. The monoisotopic (exact) mass is 577 g/mol. The van der Waals surface area contributed by atoms with Crippen LogP contribution in [0.5, 0.6) is 0 Å². The molecule has 0 aliphatic carbocycles. The quantitative estimate of drug-likeness (QED) is 0.366. The zero-order chi connectivity index (χ0) is 29.5. The molecule has 0 spiro atoms. The van der Waals surface area contributed by atoms with Crippen LogP contribution >= 0.6 is 0 Å². The molecule has 6 nitrogen and oxygen atoms in total. The van der Waals surface area contributed by atoms with E-state index < -0.39 is 58.3 Å². The zero-order valence-electron chi connectivity index (χ0n) is 22.2. The Labute approximate surface area is 233 Å². The standard InChI is InChI=1S/C29H29F6N5O/c1-16-9-17(36)14-40(13-16)24-5-7-37-12-23(24)38-28(41)19-3-4-20(30)26(27(19)33)25-21(31)10-18(11-22(25)32)39-8-2-6-29(34,35)15-39/h3-5,7,10-12,16-17H,2,6,8-9,13-15,36H2,1H3,(H,38,41)/t16-,17+/m1/s1. The van der Waals surface area contributed by atoms with Gasteiger partial charge in [0.05, 0.1) is 40.8 Å². The first-order valence-electron chi connectivity index (χ1n) is 13.3. The van der Waals surface area contributed by atoms with Crippen molar-refractivity contribution < 1.29 is 31.1 Å². The van der Waals surface area contributed by atoms with Gasteiger partial charge in [0.2, 0.25) is 0 Å². The summed E-state index contributed by atoms with van der Waals surface area (Å²) in [4.78, 5) is 20.3. The van der Waals surface area contributed by atoms with Crippen LogP contribution < -0.4 is 20.9 Å². The molecule has 0 bridgehead atoms. The smallest absolute Gasteiger partial charge is 0.265 e. The van der Waals surface area contributed by atoms with Gasteiger partial charge in [-0.2, -0.15) is 0 Å². The topological polar surface area (TPSA) is 74.5 Å². The molecule has 218 valence electrons. The summed E-state index contributed by atoms with van der Waals surface area (Å²) < 4.78 is 88.6. The molecule has 0 radical (unpaired) electrons. The molecule has 3 N–H and O–H groups in total. The molecule has 2 fully saturated rings. The molecular weight excluding hydrogens is 548 g/mol. The van der Waals surface area contributed by atoms with Crippen molar-refractivity contribution in [2.45, 2.75) is 38.2 Å². The minimum atomic E-state index is -3.03. The fraction of sp³-hybridized carbons (Fsp3) is 0.379. The van der Waals surface area contributed by atoms with E-state index in [-0.39, 0.29) is 42.7 Å². The molecular formula is C29H29F6N5O. The summed E-state index contributed by atoms with van der Waals surface area (Å²) in [6.07, 6.45) is 3.52. The number of nitrogens with one attached hydrogen (secondary N) is 1. The first-order chi connectivity index (χ1) is 19.4. The number of aromatic nitrogens is 1. The Morgan fingerprint density at radius 2 is 1.76 bits per heavy atom. The summed E-state index contributed by atoms with van der Waals surface area (Å²) >= 11 is 0.